The second-order valence-corrected chi connectivity index (χ2v) is 9.50. The van der Waals surface area contributed by atoms with E-state index in [9.17, 15) is 29.4 Å². The molecule has 0 unspecified atom stereocenters. The number of amides is 4. The minimum Gasteiger partial charge on any atom is -0.508 e. The van der Waals surface area contributed by atoms with Gasteiger partial charge in [-0.25, -0.2) is 0 Å². The van der Waals surface area contributed by atoms with Gasteiger partial charge < -0.3 is 43.4 Å². The van der Waals surface area contributed by atoms with Crippen LogP contribution >= 0.6 is 11.6 Å². The van der Waals surface area contributed by atoms with Crippen molar-refractivity contribution in [1.82, 2.24) is 16.0 Å². The van der Waals surface area contributed by atoms with Crippen molar-refractivity contribution in [3.63, 3.8) is 0 Å². The van der Waals surface area contributed by atoms with Gasteiger partial charge in [-0.05, 0) is 46.5 Å². The van der Waals surface area contributed by atoms with Crippen molar-refractivity contribution in [1.29, 1.82) is 0 Å². The fraction of sp³-hybridized carbons (Fsp3) is 0.407. The van der Waals surface area contributed by atoms with Crippen molar-refractivity contribution in [2.24, 2.45) is 17.2 Å². The predicted octanol–water partition coefficient (Wildman–Crippen LogP) is -0.308. The molecule has 40 heavy (non-hydrogen) atoms. The summed E-state index contributed by atoms with van der Waals surface area (Å²) < 4.78 is 0. The molecule has 0 radical (unpaired) electrons. The Bertz CT molecular complexity index is 1230. The monoisotopic (exact) mass is 578 g/mol. The molecule has 4 bridgehead atoms. The van der Waals surface area contributed by atoms with E-state index in [0.717, 1.165) is 0 Å². The zero-order valence-corrected chi connectivity index (χ0v) is 21.2. The summed E-state index contributed by atoms with van der Waals surface area (Å²) in [5, 5.41) is 28.2. The van der Waals surface area contributed by atoms with Gasteiger partial charge in [0, 0.05) is 30.8 Å². The SMILES string of the molecule is C.C.NC[C@H](O)C[C@@H]1NC(=O)[C@@H](N)Cc2cc(ccc2O)-c2ccc(Cl)c(c2)C[C@@H](C(=O)NCC(N)=O)NC1=O. The van der Waals surface area contributed by atoms with Crippen LogP contribution in [0, 0.1) is 0 Å². The molecule has 0 spiro atoms. The summed E-state index contributed by atoms with van der Waals surface area (Å²) in [5.74, 6) is -3.06. The van der Waals surface area contributed by atoms with E-state index >= 15 is 0 Å². The minimum atomic E-state index is -1.30. The van der Waals surface area contributed by atoms with Gasteiger partial charge in [-0.1, -0.05) is 38.6 Å². The molecule has 0 saturated heterocycles. The first-order valence-corrected chi connectivity index (χ1v) is 12.3. The molecule has 4 atom stereocenters. The number of primary amides is 1. The molecule has 0 saturated carbocycles. The second-order valence-electron chi connectivity index (χ2n) is 9.10. The van der Waals surface area contributed by atoms with Gasteiger partial charge in [-0.2, -0.15) is 0 Å². The van der Waals surface area contributed by atoms with Crippen LogP contribution in [0.5, 0.6) is 5.75 Å². The topological polar surface area (TPSA) is 223 Å². The maximum absolute atomic E-state index is 13.3. The van der Waals surface area contributed by atoms with Crippen molar-refractivity contribution in [3.05, 3.63) is 52.5 Å². The second kappa shape index (κ2) is 15.2. The van der Waals surface area contributed by atoms with Crippen molar-refractivity contribution in [3.8, 4) is 16.9 Å². The third kappa shape index (κ3) is 8.91. The summed E-state index contributed by atoms with van der Waals surface area (Å²) in [7, 11) is 0. The van der Waals surface area contributed by atoms with Crippen LogP contribution in [0.1, 0.15) is 32.4 Å². The molecule has 2 aromatic rings. The van der Waals surface area contributed by atoms with Crippen LogP contribution in [0.25, 0.3) is 11.1 Å². The van der Waals surface area contributed by atoms with E-state index in [1.54, 1.807) is 30.3 Å². The molecule has 4 amide bonds. The highest BCUT2D eigenvalue weighted by atomic mass is 35.5. The maximum Gasteiger partial charge on any atom is 0.243 e. The summed E-state index contributed by atoms with van der Waals surface area (Å²) in [4.78, 5) is 50.3. The van der Waals surface area contributed by atoms with E-state index in [1.165, 1.54) is 6.07 Å². The highest BCUT2D eigenvalue weighted by Gasteiger charge is 2.31. The Hall–Kier alpha value is -3.71. The summed E-state index contributed by atoms with van der Waals surface area (Å²) in [6.45, 7) is -0.645. The maximum atomic E-state index is 13.3. The third-order valence-electron chi connectivity index (χ3n) is 6.14. The van der Waals surface area contributed by atoms with Crippen LogP contribution in [0.4, 0.5) is 0 Å². The molecule has 1 heterocycles. The Morgan fingerprint density at radius 1 is 1.02 bits per heavy atom. The first-order chi connectivity index (χ1) is 18.0. The summed E-state index contributed by atoms with van der Waals surface area (Å²) >= 11 is 6.43. The van der Waals surface area contributed by atoms with Gasteiger partial charge in [0.05, 0.1) is 18.7 Å². The number of nitrogens with one attached hydrogen (secondary N) is 3. The summed E-state index contributed by atoms with van der Waals surface area (Å²) in [6.07, 6.45) is -1.52. The number of halogens is 1. The van der Waals surface area contributed by atoms with Crippen molar-refractivity contribution >= 4 is 35.2 Å². The predicted molar refractivity (Wildman–Crippen MR) is 153 cm³/mol. The fourth-order valence-corrected chi connectivity index (χ4v) is 4.24. The van der Waals surface area contributed by atoms with Gasteiger partial charge in [0.1, 0.15) is 17.8 Å². The van der Waals surface area contributed by atoms with Crippen LogP contribution in [0.15, 0.2) is 36.4 Å². The molecule has 12 nitrogen and oxygen atoms in total. The Balaban J connectivity index is 0.00000400. The lowest BCUT2D eigenvalue weighted by atomic mass is 9.96. The van der Waals surface area contributed by atoms with Crippen molar-refractivity contribution < 1.29 is 29.4 Å². The number of aliphatic hydroxyl groups is 1. The Kier molecular flexibility index (Phi) is 13.0. The molecule has 1 aliphatic rings. The number of fused-ring (bicyclic) bond motifs is 5. The van der Waals surface area contributed by atoms with Crippen molar-refractivity contribution in [2.45, 2.75) is 58.3 Å². The van der Waals surface area contributed by atoms with Crippen LogP contribution in [-0.2, 0) is 32.0 Å². The lowest BCUT2D eigenvalue weighted by Crippen LogP contribution is -2.57. The van der Waals surface area contributed by atoms with Gasteiger partial charge >= 0.3 is 0 Å². The number of phenolic OH excluding ortho intramolecular Hbond substituents is 1. The molecular formula is C27H39ClN6O6. The lowest BCUT2D eigenvalue weighted by molar-refractivity contribution is -0.133. The van der Waals surface area contributed by atoms with Gasteiger partial charge in [-0.15, -0.1) is 0 Å². The van der Waals surface area contributed by atoms with E-state index in [-0.39, 0.29) is 46.4 Å². The van der Waals surface area contributed by atoms with Crippen LogP contribution in [0.2, 0.25) is 5.02 Å². The summed E-state index contributed by atoms with van der Waals surface area (Å²) in [6, 6.07) is 6.28. The van der Waals surface area contributed by atoms with Gasteiger partial charge in [0.2, 0.25) is 23.6 Å². The Morgan fingerprint density at radius 3 is 2.27 bits per heavy atom. The standard InChI is InChI=1S/C25H31ClN6O6.2CH4/c26-17-3-1-12-5-14(17)8-19(24(37)30-11-22(29)35)32-25(38)20(9-16(33)10-27)31-23(36)18(28)7-15-6-13(12)2-4-21(15)34;;/h1-6,16,18-20,33-34H,7-11,27-28H2,(H2,29,35)(H,30,37)(H,31,36)(H,32,38);2*1H4/t16-,18+,19+,20+;;/m1../s1. The highest BCUT2D eigenvalue weighted by molar-refractivity contribution is 6.31. The average molecular weight is 579 g/mol. The Labute approximate surface area is 238 Å². The molecule has 1 aliphatic heterocycles. The molecule has 2 aromatic carbocycles. The molecule has 13 heteroatoms. The molecule has 11 N–H and O–H groups in total. The molecule has 3 rings (SSSR count). The normalized spacial score (nSPS) is 19.8. The smallest absolute Gasteiger partial charge is 0.243 e. The van der Waals surface area contributed by atoms with Crippen LogP contribution < -0.4 is 33.2 Å². The molecule has 220 valence electrons. The molecule has 0 aromatic heterocycles. The van der Waals surface area contributed by atoms with E-state index in [1.807, 2.05) is 0 Å². The van der Waals surface area contributed by atoms with E-state index in [0.29, 0.717) is 27.3 Å². The minimum absolute atomic E-state index is 0. The van der Waals surface area contributed by atoms with Crippen LogP contribution in [-0.4, -0.2) is 71.2 Å². The van der Waals surface area contributed by atoms with Crippen LogP contribution in [0.3, 0.4) is 0 Å². The molecule has 0 fully saturated rings. The van der Waals surface area contributed by atoms with Gasteiger partial charge in [0.15, 0.2) is 0 Å². The summed E-state index contributed by atoms with van der Waals surface area (Å²) in [5.41, 5.74) is 19.0. The number of aliphatic hydroxyl groups excluding tert-OH is 1. The largest absolute Gasteiger partial charge is 0.508 e. The average Bonchev–Trinajstić information content (AvgIpc) is 2.88. The molecule has 0 aliphatic carbocycles. The lowest BCUT2D eigenvalue weighted by Gasteiger charge is -2.25. The number of carbonyl (C=O) groups excluding carboxylic acids is 4. The number of hydrogen-bond acceptors (Lipinski definition) is 8. The van der Waals surface area contributed by atoms with E-state index < -0.39 is 54.4 Å². The number of nitrogens with two attached hydrogens (primary N) is 3. The highest BCUT2D eigenvalue weighted by Crippen LogP contribution is 2.30. The first-order valence-electron chi connectivity index (χ1n) is 11.9. The number of benzene rings is 2. The van der Waals surface area contributed by atoms with E-state index in [2.05, 4.69) is 16.0 Å². The number of rotatable bonds is 6. The van der Waals surface area contributed by atoms with Gasteiger partial charge in [0.25, 0.3) is 0 Å². The Morgan fingerprint density at radius 2 is 1.65 bits per heavy atom. The van der Waals surface area contributed by atoms with E-state index in [4.69, 9.17) is 28.8 Å². The number of phenols is 1. The van der Waals surface area contributed by atoms with Crippen molar-refractivity contribution in [2.75, 3.05) is 13.1 Å². The number of aromatic hydroxyl groups is 1. The first kappa shape index (κ1) is 34.3. The number of hydrogen-bond donors (Lipinski definition) is 8. The number of carbonyl (C=O) groups is 4. The quantitative estimate of drug-likeness (QED) is 0.226. The van der Waals surface area contributed by atoms with Gasteiger partial charge in [-0.3, -0.25) is 19.2 Å². The fourth-order valence-electron chi connectivity index (χ4n) is 4.05. The zero-order valence-electron chi connectivity index (χ0n) is 20.4. The third-order valence-corrected chi connectivity index (χ3v) is 6.51. The molecular weight excluding hydrogens is 540 g/mol. The zero-order chi connectivity index (χ0) is 28.0.